The summed E-state index contributed by atoms with van der Waals surface area (Å²) < 4.78 is 5.45. The summed E-state index contributed by atoms with van der Waals surface area (Å²) in [4.78, 5) is 14.1. The minimum Gasteiger partial charge on any atom is -0.399 e. The highest BCUT2D eigenvalue weighted by molar-refractivity contribution is 5.99. The SMILES string of the molecule is Nc1ccc2c(c1)N(C(=O)C1CCCO1)CC2. The summed E-state index contributed by atoms with van der Waals surface area (Å²) >= 11 is 0. The third-order valence-electron chi connectivity index (χ3n) is 3.48. The van der Waals surface area contributed by atoms with Crippen molar-refractivity contribution in [3.8, 4) is 0 Å². The Morgan fingerprint density at radius 3 is 3.12 bits per heavy atom. The summed E-state index contributed by atoms with van der Waals surface area (Å²) in [6, 6.07) is 5.78. The fraction of sp³-hybridized carbons (Fsp3) is 0.462. The highest BCUT2D eigenvalue weighted by Gasteiger charge is 2.32. The van der Waals surface area contributed by atoms with Gasteiger partial charge in [-0.1, -0.05) is 6.07 Å². The van der Waals surface area contributed by atoms with E-state index in [0.29, 0.717) is 12.3 Å². The number of nitrogens with two attached hydrogens (primary N) is 1. The maximum absolute atomic E-state index is 12.3. The van der Waals surface area contributed by atoms with Crippen LogP contribution in [0.25, 0.3) is 0 Å². The fourth-order valence-electron chi connectivity index (χ4n) is 2.57. The lowest BCUT2D eigenvalue weighted by Crippen LogP contribution is -2.37. The maximum atomic E-state index is 12.3. The Morgan fingerprint density at radius 2 is 2.35 bits per heavy atom. The normalized spacial score (nSPS) is 22.8. The Kier molecular flexibility index (Phi) is 2.52. The summed E-state index contributed by atoms with van der Waals surface area (Å²) in [5.41, 5.74) is 8.64. The molecule has 0 aliphatic carbocycles. The van der Waals surface area contributed by atoms with Crippen molar-refractivity contribution in [3.05, 3.63) is 23.8 Å². The van der Waals surface area contributed by atoms with Crippen LogP contribution in [0.3, 0.4) is 0 Å². The van der Waals surface area contributed by atoms with E-state index in [0.717, 1.165) is 31.5 Å². The molecule has 1 aromatic carbocycles. The molecule has 3 rings (SSSR count). The van der Waals surface area contributed by atoms with Gasteiger partial charge >= 0.3 is 0 Å². The van der Waals surface area contributed by atoms with E-state index < -0.39 is 0 Å². The van der Waals surface area contributed by atoms with Crippen LogP contribution in [0.15, 0.2) is 18.2 Å². The first-order chi connectivity index (χ1) is 8.25. The highest BCUT2D eigenvalue weighted by atomic mass is 16.5. The summed E-state index contributed by atoms with van der Waals surface area (Å²) in [5.74, 6) is 0.0897. The molecule has 0 bridgehead atoms. The number of carbonyl (C=O) groups excluding carboxylic acids is 1. The molecule has 2 aliphatic heterocycles. The molecule has 4 nitrogen and oxygen atoms in total. The lowest BCUT2D eigenvalue weighted by atomic mass is 10.1. The largest absolute Gasteiger partial charge is 0.399 e. The topological polar surface area (TPSA) is 55.6 Å². The molecule has 1 atom stereocenters. The van der Waals surface area contributed by atoms with E-state index >= 15 is 0 Å². The lowest BCUT2D eigenvalue weighted by Gasteiger charge is -2.21. The van der Waals surface area contributed by atoms with E-state index in [4.69, 9.17) is 10.5 Å². The van der Waals surface area contributed by atoms with E-state index in [9.17, 15) is 4.79 Å². The van der Waals surface area contributed by atoms with Crippen LogP contribution in [0.1, 0.15) is 18.4 Å². The van der Waals surface area contributed by atoms with Crippen molar-refractivity contribution in [2.45, 2.75) is 25.4 Å². The Labute approximate surface area is 100 Å². The molecule has 0 spiro atoms. The van der Waals surface area contributed by atoms with Gasteiger partial charge in [-0.15, -0.1) is 0 Å². The quantitative estimate of drug-likeness (QED) is 0.743. The van der Waals surface area contributed by atoms with E-state index in [1.807, 2.05) is 23.1 Å². The van der Waals surface area contributed by atoms with Gasteiger partial charge in [0.15, 0.2) is 0 Å². The first kappa shape index (κ1) is 10.6. The van der Waals surface area contributed by atoms with Crippen LogP contribution in [-0.4, -0.2) is 25.2 Å². The van der Waals surface area contributed by atoms with Crippen molar-refractivity contribution in [1.82, 2.24) is 0 Å². The van der Waals surface area contributed by atoms with Crippen LogP contribution in [0.2, 0.25) is 0 Å². The summed E-state index contributed by atoms with van der Waals surface area (Å²) in [6.45, 7) is 1.45. The number of benzene rings is 1. The van der Waals surface area contributed by atoms with Crippen molar-refractivity contribution in [1.29, 1.82) is 0 Å². The predicted molar refractivity (Wildman–Crippen MR) is 65.9 cm³/mol. The van der Waals surface area contributed by atoms with Gasteiger partial charge in [0, 0.05) is 24.5 Å². The Bertz CT molecular complexity index is 453. The number of rotatable bonds is 1. The van der Waals surface area contributed by atoms with Gasteiger partial charge in [-0.05, 0) is 37.0 Å². The van der Waals surface area contributed by atoms with Crippen LogP contribution in [0, 0.1) is 0 Å². The number of carbonyl (C=O) groups is 1. The van der Waals surface area contributed by atoms with E-state index in [1.54, 1.807) is 0 Å². The van der Waals surface area contributed by atoms with Gasteiger partial charge < -0.3 is 15.4 Å². The number of nitrogens with zero attached hydrogens (tertiary/aromatic N) is 1. The second-order valence-corrected chi connectivity index (χ2v) is 4.63. The van der Waals surface area contributed by atoms with Crippen LogP contribution < -0.4 is 10.6 Å². The first-order valence-electron chi connectivity index (χ1n) is 6.07. The Morgan fingerprint density at radius 1 is 1.47 bits per heavy atom. The van der Waals surface area contributed by atoms with Gasteiger partial charge in [0.05, 0.1) is 0 Å². The Balaban J connectivity index is 1.87. The summed E-state index contributed by atoms with van der Waals surface area (Å²) in [6.07, 6.45) is 2.48. The van der Waals surface area contributed by atoms with Crippen molar-refractivity contribution in [2.24, 2.45) is 0 Å². The molecule has 4 heteroatoms. The molecule has 90 valence electrons. The standard InChI is InChI=1S/C13H16N2O2/c14-10-4-3-9-5-6-15(11(9)8-10)13(16)12-2-1-7-17-12/h3-4,8,12H,1-2,5-7,14H2. The molecule has 2 heterocycles. The van der Waals surface area contributed by atoms with Gasteiger partial charge in [0.25, 0.3) is 5.91 Å². The fourth-order valence-corrected chi connectivity index (χ4v) is 2.57. The molecule has 0 saturated carbocycles. The molecule has 1 aromatic rings. The van der Waals surface area contributed by atoms with Crippen LogP contribution in [0.4, 0.5) is 11.4 Å². The second-order valence-electron chi connectivity index (χ2n) is 4.63. The first-order valence-corrected chi connectivity index (χ1v) is 6.07. The van der Waals surface area contributed by atoms with Gasteiger partial charge in [0.2, 0.25) is 0 Å². The average Bonchev–Trinajstić information content (AvgIpc) is 2.97. The molecule has 17 heavy (non-hydrogen) atoms. The molecule has 0 aromatic heterocycles. The van der Waals surface area contributed by atoms with Gasteiger partial charge in [-0.3, -0.25) is 4.79 Å². The zero-order valence-electron chi connectivity index (χ0n) is 9.69. The molecule has 1 saturated heterocycles. The van der Waals surface area contributed by atoms with Gasteiger partial charge in [-0.2, -0.15) is 0 Å². The van der Waals surface area contributed by atoms with Crippen LogP contribution in [-0.2, 0) is 16.0 Å². The number of fused-ring (bicyclic) bond motifs is 1. The van der Waals surface area contributed by atoms with Crippen molar-refractivity contribution in [3.63, 3.8) is 0 Å². The zero-order chi connectivity index (χ0) is 11.8. The number of hydrogen-bond donors (Lipinski definition) is 1. The van der Waals surface area contributed by atoms with Gasteiger partial charge in [-0.25, -0.2) is 0 Å². The Hall–Kier alpha value is -1.55. The van der Waals surface area contributed by atoms with Crippen molar-refractivity contribution < 1.29 is 9.53 Å². The number of anilines is 2. The molecule has 1 fully saturated rings. The molecule has 1 unspecified atom stereocenters. The third kappa shape index (κ3) is 1.78. The average molecular weight is 232 g/mol. The number of nitrogen functional groups attached to an aromatic ring is 1. The predicted octanol–water partition coefficient (Wildman–Crippen LogP) is 1.34. The molecular formula is C13H16N2O2. The van der Waals surface area contributed by atoms with Crippen LogP contribution >= 0.6 is 0 Å². The lowest BCUT2D eigenvalue weighted by molar-refractivity contribution is -0.127. The maximum Gasteiger partial charge on any atom is 0.256 e. The summed E-state index contributed by atoms with van der Waals surface area (Å²) in [7, 11) is 0. The molecule has 1 amide bonds. The van der Waals surface area contributed by atoms with E-state index in [-0.39, 0.29) is 12.0 Å². The second kappa shape index (κ2) is 4.04. The van der Waals surface area contributed by atoms with Crippen molar-refractivity contribution >= 4 is 17.3 Å². The highest BCUT2D eigenvalue weighted by Crippen LogP contribution is 2.31. The minimum absolute atomic E-state index is 0.0897. The van der Waals surface area contributed by atoms with E-state index in [2.05, 4.69) is 0 Å². The number of hydrogen-bond acceptors (Lipinski definition) is 3. The minimum atomic E-state index is -0.248. The zero-order valence-corrected chi connectivity index (χ0v) is 9.69. The summed E-state index contributed by atoms with van der Waals surface area (Å²) in [5, 5.41) is 0. The smallest absolute Gasteiger partial charge is 0.256 e. The third-order valence-corrected chi connectivity index (χ3v) is 3.48. The van der Waals surface area contributed by atoms with Crippen LogP contribution in [0.5, 0.6) is 0 Å². The number of amides is 1. The molecule has 0 radical (unpaired) electrons. The van der Waals surface area contributed by atoms with Gasteiger partial charge in [0.1, 0.15) is 6.10 Å². The van der Waals surface area contributed by atoms with Crippen molar-refractivity contribution in [2.75, 3.05) is 23.8 Å². The molecule has 2 aliphatic rings. The monoisotopic (exact) mass is 232 g/mol. The number of ether oxygens (including phenoxy) is 1. The molecular weight excluding hydrogens is 216 g/mol. The van der Waals surface area contributed by atoms with E-state index in [1.165, 1.54) is 5.56 Å². The molecule has 2 N–H and O–H groups in total.